The third-order valence-corrected chi connectivity index (χ3v) is 6.80. The predicted octanol–water partition coefficient (Wildman–Crippen LogP) is 1.77. The molecular weight excluding hydrogens is 448 g/mol. The van der Waals surface area contributed by atoms with E-state index in [0.29, 0.717) is 18.7 Å². The van der Waals surface area contributed by atoms with Crippen LogP contribution in [-0.4, -0.2) is 108 Å². The number of nitrogens with one attached hydrogen (secondary N) is 2. The van der Waals surface area contributed by atoms with Gasteiger partial charge < -0.3 is 34.2 Å². The molecular formula is C26H48N4O5+2. The van der Waals surface area contributed by atoms with Crippen molar-refractivity contribution in [3.8, 4) is 17.2 Å². The third-order valence-electron chi connectivity index (χ3n) is 6.80. The summed E-state index contributed by atoms with van der Waals surface area (Å²) in [5, 5.41) is 16.1. The zero-order valence-electron chi connectivity index (χ0n) is 23.1. The van der Waals surface area contributed by atoms with Crippen molar-refractivity contribution >= 4 is 11.8 Å². The first kappa shape index (κ1) is 30.5. The summed E-state index contributed by atoms with van der Waals surface area (Å²) in [6.07, 6.45) is 1.81. The third kappa shape index (κ3) is 10.3. The van der Waals surface area contributed by atoms with Gasteiger partial charge in [-0.1, -0.05) is 0 Å². The highest BCUT2D eigenvalue weighted by molar-refractivity contribution is 6.00. The second-order valence-electron chi connectivity index (χ2n) is 10.3. The highest BCUT2D eigenvalue weighted by Gasteiger charge is 2.28. The number of amides is 2. The average molecular weight is 497 g/mol. The molecule has 0 atom stereocenters. The van der Waals surface area contributed by atoms with Crippen LogP contribution in [0.3, 0.4) is 0 Å². The molecule has 0 radical (unpaired) electrons. The van der Waals surface area contributed by atoms with Crippen molar-refractivity contribution < 1.29 is 33.1 Å². The molecule has 0 saturated heterocycles. The maximum atomic E-state index is 13.1. The van der Waals surface area contributed by atoms with E-state index in [9.17, 15) is 14.7 Å². The lowest BCUT2D eigenvalue weighted by molar-refractivity contribution is -0.888. The normalized spacial score (nSPS) is 11.9. The lowest BCUT2D eigenvalue weighted by Crippen LogP contribution is -2.45. The Morgan fingerprint density at radius 2 is 1.26 bits per heavy atom. The minimum atomic E-state index is -0.906. The maximum absolute atomic E-state index is 13.1. The summed E-state index contributed by atoms with van der Waals surface area (Å²) >= 11 is 0. The van der Waals surface area contributed by atoms with Gasteiger partial charge in [-0.3, -0.25) is 9.59 Å². The topological polar surface area (TPSA) is 96.9 Å². The lowest BCUT2D eigenvalue weighted by Gasteiger charge is -2.28. The van der Waals surface area contributed by atoms with Gasteiger partial charge >= 0.3 is 0 Å². The highest BCUT2D eigenvalue weighted by atomic mass is 16.5. The van der Waals surface area contributed by atoms with E-state index in [-0.39, 0.29) is 35.5 Å². The first-order valence-corrected chi connectivity index (χ1v) is 12.5. The van der Waals surface area contributed by atoms with Gasteiger partial charge in [0.25, 0.3) is 0 Å². The van der Waals surface area contributed by atoms with E-state index in [0.717, 1.165) is 48.0 Å². The second kappa shape index (κ2) is 14.1. The number of methoxy groups -OCH3 is 2. The Morgan fingerprint density at radius 3 is 1.60 bits per heavy atom. The van der Waals surface area contributed by atoms with Gasteiger partial charge in [0.05, 0.1) is 68.6 Å². The summed E-state index contributed by atoms with van der Waals surface area (Å²) in [5.41, 5.74) is 0.666. The molecule has 0 unspecified atom stereocenters. The summed E-state index contributed by atoms with van der Waals surface area (Å²) in [7, 11) is 11.5. The van der Waals surface area contributed by atoms with Crippen LogP contribution in [0, 0.1) is 5.92 Å². The fraction of sp³-hybridized carbons (Fsp3) is 0.692. The van der Waals surface area contributed by atoms with Gasteiger partial charge in [-0.15, -0.1) is 0 Å². The number of carbonyl (C=O) groups is 2. The lowest BCUT2D eigenvalue weighted by atomic mass is 9.96. The Bertz CT molecular complexity index is 765. The van der Waals surface area contributed by atoms with E-state index in [1.165, 1.54) is 14.2 Å². The van der Waals surface area contributed by atoms with E-state index < -0.39 is 5.92 Å². The molecule has 1 rings (SSSR count). The summed E-state index contributed by atoms with van der Waals surface area (Å²) in [5.74, 6) is -1.16. The summed E-state index contributed by atoms with van der Waals surface area (Å²) in [6, 6.07) is 3.27. The van der Waals surface area contributed by atoms with Gasteiger partial charge in [-0.25, -0.2) is 0 Å². The smallest absolute Gasteiger partial charge is 0.232 e. The Morgan fingerprint density at radius 1 is 0.857 bits per heavy atom. The monoisotopic (exact) mass is 496 g/mol. The number of phenols is 1. The molecule has 0 aliphatic heterocycles. The molecule has 0 fully saturated rings. The van der Waals surface area contributed by atoms with Gasteiger partial charge in [0.2, 0.25) is 17.6 Å². The van der Waals surface area contributed by atoms with Crippen LogP contribution in [0.4, 0.5) is 0 Å². The van der Waals surface area contributed by atoms with Crippen LogP contribution in [-0.2, 0) is 16.0 Å². The number of hydrogen-bond donors (Lipinski definition) is 3. The standard InChI is InChI=1S/C26H46N4O5/c1-9-29(3,4)15-11-13-27-25(32)21(26(33)28-14-12-16-30(5,6)10-2)17-20-18-22(34-7)24(31)23(19-20)35-8/h18-19,21H,9-17H2,1-8H3,(H-2,27,28,31,32,33)/p+2. The van der Waals surface area contributed by atoms with E-state index in [4.69, 9.17) is 9.47 Å². The fourth-order valence-electron chi connectivity index (χ4n) is 3.61. The zero-order chi connectivity index (χ0) is 26.6. The van der Waals surface area contributed by atoms with Crippen molar-refractivity contribution in [3.63, 3.8) is 0 Å². The van der Waals surface area contributed by atoms with Gasteiger partial charge in [-0.05, 0) is 38.0 Å². The number of nitrogens with zero attached hydrogens (tertiary/aromatic N) is 2. The van der Waals surface area contributed by atoms with Crippen molar-refractivity contribution in [3.05, 3.63) is 17.7 Å². The van der Waals surface area contributed by atoms with Crippen LogP contribution in [0.1, 0.15) is 32.3 Å². The minimum absolute atomic E-state index is 0.113. The number of quaternary nitrogens is 2. The zero-order valence-corrected chi connectivity index (χ0v) is 23.1. The molecule has 0 spiro atoms. The molecule has 9 nitrogen and oxygen atoms in total. The highest BCUT2D eigenvalue weighted by Crippen LogP contribution is 2.37. The number of hydrogen-bond acceptors (Lipinski definition) is 5. The number of rotatable bonds is 16. The molecule has 0 saturated carbocycles. The van der Waals surface area contributed by atoms with E-state index >= 15 is 0 Å². The number of phenolic OH excluding ortho intramolecular Hbond substituents is 1. The van der Waals surface area contributed by atoms with Crippen molar-refractivity contribution in [2.75, 3.05) is 81.7 Å². The number of carbonyl (C=O) groups excluding carboxylic acids is 2. The summed E-state index contributed by atoms with van der Waals surface area (Å²) in [4.78, 5) is 26.2. The first-order chi connectivity index (χ1) is 16.4. The van der Waals surface area contributed by atoms with Crippen LogP contribution < -0.4 is 20.1 Å². The van der Waals surface area contributed by atoms with Crippen LogP contribution in [0.5, 0.6) is 17.2 Å². The van der Waals surface area contributed by atoms with E-state index in [2.05, 4.69) is 52.7 Å². The molecule has 0 aromatic heterocycles. The number of aromatic hydroxyl groups is 1. The molecule has 1 aromatic rings. The Kier molecular flexibility index (Phi) is 12.3. The van der Waals surface area contributed by atoms with E-state index in [1.807, 2.05) is 0 Å². The van der Waals surface area contributed by atoms with Crippen LogP contribution in [0.15, 0.2) is 12.1 Å². The molecule has 0 heterocycles. The Labute approximate surface area is 211 Å². The average Bonchev–Trinajstić information content (AvgIpc) is 2.83. The largest absolute Gasteiger partial charge is 0.502 e. The molecule has 0 aliphatic rings. The quantitative estimate of drug-likeness (QED) is 0.184. The molecule has 200 valence electrons. The van der Waals surface area contributed by atoms with Gasteiger partial charge in [-0.2, -0.15) is 0 Å². The van der Waals surface area contributed by atoms with Crippen LogP contribution >= 0.6 is 0 Å². The molecule has 2 amide bonds. The number of benzene rings is 1. The fourth-order valence-corrected chi connectivity index (χ4v) is 3.61. The predicted molar refractivity (Wildman–Crippen MR) is 139 cm³/mol. The molecule has 35 heavy (non-hydrogen) atoms. The summed E-state index contributed by atoms with van der Waals surface area (Å²) in [6.45, 7) is 9.19. The molecule has 0 aliphatic carbocycles. The maximum Gasteiger partial charge on any atom is 0.232 e. The molecule has 9 heteroatoms. The number of ether oxygens (including phenoxy) is 2. The van der Waals surface area contributed by atoms with Gasteiger partial charge in [0, 0.05) is 25.9 Å². The first-order valence-electron chi connectivity index (χ1n) is 12.5. The van der Waals surface area contributed by atoms with Crippen molar-refractivity contribution in [1.29, 1.82) is 0 Å². The van der Waals surface area contributed by atoms with Crippen LogP contribution in [0.2, 0.25) is 0 Å². The Balaban J connectivity index is 2.94. The molecule has 1 aromatic carbocycles. The molecule has 3 N–H and O–H groups in total. The molecule has 0 bridgehead atoms. The van der Waals surface area contributed by atoms with Crippen molar-refractivity contribution in [1.82, 2.24) is 10.6 Å². The minimum Gasteiger partial charge on any atom is -0.502 e. The van der Waals surface area contributed by atoms with E-state index in [1.54, 1.807) is 12.1 Å². The Hall–Kier alpha value is -2.52. The second-order valence-corrected chi connectivity index (χ2v) is 10.3. The van der Waals surface area contributed by atoms with Crippen LogP contribution in [0.25, 0.3) is 0 Å². The van der Waals surface area contributed by atoms with Gasteiger partial charge in [0.15, 0.2) is 11.5 Å². The summed E-state index contributed by atoms with van der Waals surface area (Å²) < 4.78 is 12.2. The van der Waals surface area contributed by atoms with Gasteiger partial charge in [0.1, 0.15) is 5.92 Å². The SMILES string of the molecule is CC[N+](C)(C)CCCNC(=O)C(Cc1cc(OC)c(O)c(OC)c1)C(=O)NCCC[N+](C)(C)CC. The van der Waals surface area contributed by atoms with Crippen molar-refractivity contribution in [2.45, 2.75) is 33.1 Å². The van der Waals surface area contributed by atoms with Crippen molar-refractivity contribution in [2.24, 2.45) is 5.92 Å².